The molecule has 0 fully saturated rings. The fourth-order valence-electron chi connectivity index (χ4n) is 1.77. The summed E-state index contributed by atoms with van der Waals surface area (Å²) in [5.41, 5.74) is 0.477. The van der Waals surface area contributed by atoms with E-state index >= 15 is 0 Å². The molecule has 1 atom stereocenters. The van der Waals surface area contributed by atoms with E-state index in [-0.39, 0.29) is 17.7 Å². The molecule has 0 saturated carbocycles. The van der Waals surface area contributed by atoms with E-state index in [0.29, 0.717) is 31.7 Å². The number of halogens is 1. The number of phenolic OH excluding ortho intramolecular Hbond substituents is 1. The lowest BCUT2D eigenvalue weighted by Crippen LogP contribution is -2.30. The van der Waals surface area contributed by atoms with Gasteiger partial charge in [-0.25, -0.2) is 4.39 Å². The summed E-state index contributed by atoms with van der Waals surface area (Å²) in [4.78, 5) is 11.4. The van der Waals surface area contributed by atoms with Crippen LogP contribution in [0.4, 0.5) is 4.39 Å². The molecule has 6 heteroatoms. The van der Waals surface area contributed by atoms with E-state index in [9.17, 15) is 14.3 Å². The Morgan fingerprint density at radius 2 is 2.20 bits per heavy atom. The third-order valence-electron chi connectivity index (χ3n) is 2.89. The summed E-state index contributed by atoms with van der Waals surface area (Å²) in [7, 11) is 1.57. The van der Waals surface area contributed by atoms with Crippen molar-refractivity contribution in [2.45, 2.75) is 19.4 Å². The second kappa shape index (κ2) is 8.50. The van der Waals surface area contributed by atoms with Gasteiger partial charge in [-0.2, -0.15) is 0 Å². The number of aromatic hydroxyl groups is 1. The summed E-state index contributed by atoms with van der Waals surface area (Å²) in [6.07, 6.45) is 0.310. The van der Waals surface area contributed by atoms with Gasteiger partial charge in [0, 0.05) is 38.2 Å². The zero-order chi connectivity index (χ0) is 15.0. The standard InChI is InChI=1S/C14H21FN2O3/c1-10(12-9-11(15)3-4-13(12)18)16-6-5-14(19)17-7-8-20-2/h3-4,9-10,16,18H,5-8H2,1-2H3,(H,17,19). The molecular weight excluding hydrogens is 263 g/mol. The fraction of sp³-hybridized carbons (Fsp3) is 0.500. The van der Waals surface area contributed by atoms with Crippen molar-refractivity contribution in [3.63, 3.8) is 0 Å². The Hall–Kier alpha value is -1.66. The molecule has 1 aromatic rings. The van der Waals surface area contributed by atoms with Crippen LogP contribution in [-0.4, -0.2) is 37.8 Å². The lowest BCUT2D eigenvalue weighted by atomic mass is 10.1. The van der Waals surface area contributed by atoms with Crippen molar-refractivity contribution >= 4 is 5.91 Å². The molecule has 20 heavy (non-hydrogen) atoms. The maximum absolute atomic E-state index is 13.1. The number of amides is 1. The minimum atomic E-state index is -0.399. The molecule has 1 amide bonds. The number of phenols is 1. The van der Waals surface area contributed by atoms with Crippen molar-refractivity contribution in [2.24, 2.45) is 0 Å². The molecule has 0 aromatic heterocycles. The number of ether oxygens (including phenoxy) is 1. The van der Waals surface area contributed by atoms with E-state index in [4.69, 9.17) is 4.74 Å². The Labute approximate surface area is 118 Å². The molecule has 0 radical (unpaired) electrons. The van der Waals surface area contributed by atoms with E-state index < -0.39 is 5.82 Å². The number of rotatable bonds is 8. The van der Waals surface area contributed by atoms with Crippen molar-refractivity contribution in [2.75, 3.05) is 26.8 Å². The molecule has 1 rings (SSSR count). The Bertz CT molecular complexity index is 440. The van der Waals surface area contributed by atoms with Crippen LogP contribution in [0, 0.1) is 5.82 Å². The van der Waals surface area contributed by atoms with Gasteiger partial charge in [-0.05, 0) is 25.1 Å². The molecule has 0 aliphatic heterocycles. The van der Waals surface area contributed by atoms with Crippen LogP contribution in [0.3, 0.4) is 0 Å². The predicted octanol–water partition coefficient (Wildman–Crippen LogP) is 1.33. The highest BCUT2D eigenvalue weighted by Gasteiger charge is 2.11. The number of hydrogen-bond acceptors (Lipinski definition) is 4. The third-order valence-corrected chi connectivity index (χ3v) is 2.89. The van der Waals surface area contributed by atoms with Gasteiger partial charge in [-0.15, -0.1) is 0 Å². The van der Waals surface area contributed by atoms with Crippen LogP contribution in [0.2, 0.25) is 0 Å². The van der Waals surface area contributed by atoms with Gasteiger partial charge in [0.2, 0.25) is 5.91 Å². The van der Waals surface area contributed by atoms with E-state index in [2.05, 4.69) is 10.6 Å². The first-order chi connectivity index (χ1) is 9.54. The Morgan fingerprint density at radius 1 is 1.45 bits per heavy atom. The molecule has 112 valence electrons. The third kappa shape index (κ3) is 5.54. The predicted molar refractivity (Wildman–Crippen MR) is 74.0 cm³/mol. The zero-order valence-corrected chi connectivity index (χ0v) is 11.8. The molecule has 0 bridgehead atoms. The Kier molecular flexibility index (Phi) is 6.97. The summed E-state index contributed by atoms with van der Waals surface area (Å²) < 4.78 is 17.9. The molecule has 1 aromatic carbocycles. The second-order valence-corrected chi connectivity index (χ2v) is 4.47. The number of methoxy groups -OCH3 is 1. The maximum atomic E-state index is 13.1. The van der Waals surface area contributed by atoms with E-state index in [1.165, 1.54) is 18.2 Å². The van der Waals surface area contributed by atoms with Gasteiger partial charge in [0.25, 0.3) is 0 Å². The largest absolute Gasteiger partial charge is 0.508 e. The van der Waals surface area contributed by atoms with Crippen molar-refractivity contribution in [3.8, 4) is 5.75 Å². The topological polar surface area (TPSA) is 70.6 Å². The molecule has 0 heterocycles. The molecule has 0 spiro atoms. The maximum Gasteiger partial charge on any atom is 0.221 e. The average Bonchev–Trinajstić information content (AvgIpc) is 2.41. The van der Waals surface area contributed by atoms with Crippen LogP contribution in [0.1, 0.15) is 24.9 Å². The monoisotopic (exact) mass is 284 g/mol. The molecule has 0 saturated heterocycles. The highest BCUT2D eigenvalue weighted by Crippen LogP contribution is 2.24. The van der Waals surface area contributed by atoms with Gasteiger partial charge in [0.05, 0.1) is 6.61 Å². The Balaban J connectivity index is 2.34. The first-order valence-electron chi connectivity index (χ1n) is 6.52. The smallest absolute Gasteiger partial charge is 0.221 e. The van der Waals surface area contributed by atoms with Gasteiger partial charge < -0.3 is 20.5 Å². The number of benzene rings is 1. The molecule has 0 aliphatic carbocycles. The lowest BCUT2D eigenvalue weighted by molar-refractivity contribution is -0.121. The van der Waals surface area contributed by atoms with Crippen LogP contribution >= 0.6 is 0 Å². The highest BCUT2D eigenvalue weighted by molar-refractivity contribution is 5.76. The van der Waals surface area contributed by atoms with Crippen LogP contribution in [0.15, 0.2) is 18.2 Å². The minimum Gasteiger partial charge on any atom is -0.508 e. The van der Waals surface area contributed by atoms with Gasteiger partial charge in [-0.3, -0.25) is 4.79 Å². The number of carbonyl (C=O) groups excluding carboxylic acids is 1. The summed E-state index contributed by atoms with van der Waals surface area (Å²) in [6.45, 7) is 3.20. The summed E-state index contributed by atoms with van der Waals surface area (Å²) in [5, 5.41) is 15.4. The number of carbonyl (C=O) groups is 1. The number of nitrogens with one attached hydrogen (secondary N) is 2. The first kappa shape index (κ1) is 16.4. The van der Waals surface area contributed by atoms with Gasteiger partial charge in [-0.1, -0.05) is 0 Å². The van der Waals surface area contributed by atoms with Crippen molar-refractivity contribution in [3.05, 3.63) is 29.6 Å². The normalized spacial score (nSPS) is 12.2. The van der Waals surface area contributed by atoms with E-state index in [0.717, 1.165) is 0 Å². The molecule has 1 unspecified atom stereocenters. The van der Waals surface area contributed by atoms with Crippen LogP contribution < -0.4 is 10.6 Å². The summed E-state index contributed by atoms with van der Waals surface area (Å²) in [6, 6.07) is 3.57. The lowest BCUT2D eigenvalue weighted by Gasteiger charge is -2.15. The van der Waals surface area contributed by atoms with Gasteiger partial charge >= 0.3 is 0 Å². The molecular formula is C14H21FN2O3. The quantitative estimate of drug-likeness (QED) is 0.630. The van der Waals surface area contributed by atoms with E-state index in [1.54, 1.807) is 14.0 Å². The van der Waals surface area contributed by atoms with Gasteiger partial charge in [0.15, 0.2) is 0 Å². The highest BCUT2D eigenvalue weighted by atomic mass is 19.1. The van der Waals surface area contributed by atoms with E-state index in [1.807, 2.05) is 0 Å². The fourth-order valence-corrected chi connectivity index (χ4v) is 1.77. The summed E-state index contributed by atoms with van der Waals surface area (Å²) in [5.74, 6) is -0.440. The van der Waals surface area contributed by atoms with Crippen molar-refractivity contribution in [1.29, 1.82) is 0 Å². The van der Waals surface area contributed by atoms with Crippen molar-refractivity contribution in [1.82, 2.24) is 10.6 Å². The average molecular weight is 284 g/mol. The van der Waals surface area contributed by atoms with Gasteiger partial charge in [0.1, 0.15) is 11.6 Å². The second-order valence-electron chi connectivity index (χ2n) is 4.47. The van der Waals surface area contributed by atoms with Crippen LogP contribution in [0.5, 0.6) is 5.75 Å². The zero-order valence-electron chi connectivity index (χ0n) is 11.8. The van der Waals surface area contributed by atoms with Crippen molar-refractivity contribution < 1.29 is 19.0 Å². The van der Waals surface area contributed by atoms with Crippen LogP contribution in [0.25, 0.3) is 0 Å². The molecule has 3 N–H and O–H groups in total. The minimum absolute atomic E-state index is 0.0379. The summed E-state index contributed by atoms with van der Waals surface area (Å²) >= 11 is 0. The SMILES string of the molecule is COCCNC(=O)CCNC(C)c1cc(F)ccc1O. The molecule has 5 nitrogen and oxygen atoms in total. The Morgan fingerprint density at radius 3 is 2.90 bits per heavy atom. The number of hydrogen-bond donors (Lipinski definition) is 3. The molecule has 0 aliphatic rings. The first-order valence-corrected chi connectivity index (χ1v) is 6.52. The van der Waals surface area contributed by atoms with Crippen LogP contribution in [-0.2, 0) is 9.53 Å².